The van der Waals surface area contributed by atoms with Gasteiger partial charge in [-0.3, -0.25) is 9.59 Å². The van der Waals surface area contributed by atoms with Crippen molar-refractivity contribution in [2.24, 2.45) is 0 Å². The Morgan fingerprint density at radius 1 is 0.844 bits per heavy atom. The summed E-state index contributed by atoms with van der Waals surface area (Å²) >= 11 is 0. The summed E-state index contributed by atoms with van der Waals surface area (Å²) in [5.41, 5.74) is 2.13. The third kappa shape index (κ3) is 6.04. The van der Waals surface area contributed by atoms with E-state index in [0.717, 1.165) is 11.3 Å². The number of carbonyl (C=O) groups is 3. The van der Waals surface area contributed by atoms with Crippen molar-refractivity contribution >= 4 is 29.2 Å². The standard InChI is InChI=1S/C26H26N2O4/c1-19(2)28(21-13-7-4-8-14-21)25(30)18-32-26(31)22-15-9-10-16-23(22)27-24(29)17-20-11-5-3-6-12-20/h3-16,19H,17-18H2,1-2H3,(H,27,29). The Balaban J connectivity index is 1.65. The van der Waals surface area contributed by atoms with Gasteiger partial charge < -0.3 is 15.0 Å². The van der Waals surface area contributed by atoms with Crippen LogP contribution < -0.4 is 10.2 Å². The molecule has 0 saturated carbocycles. The third-order valence-electron chi connectivity index (χ3n) is 4.77. The zero-order chi connectivity index (χ0) is 22.9. The number of hydrogen-bond acceptors (Lipinski definition) is 4. The van der Waals surface area contributed by atoms with E-state index in [4.69, 9.17) is 4.74 Å². The van der Waals surface area contributed by atoms with E-state index < -0.39 is 12.6 Å². The van der Waals surface area contributed by atoms with E-state index in [1.807, 2.05) is 74.5 Å². The van der Waals surface area contributed by atoms with Crippen LogP contribution in [0.3, 0.4) is 0 Å². The first-order valence-electron chi connectivity index (χ1n) is 10.4. The van der Waals surface area contributed by atoms with E-state index >= 15 is 0 Å². The van der Waals surface area contributed by atoms with E-state index in [0.29, 0.717) is 5.69 Å². The van der Waals surface area contributed by atoms with E-state index in [9.17, 15) is 14.4 Å². The summed E-state index contributed by atoms with van der Waals surface area (Å²) in [5, 5.41) is 2.76. The fraction of sp³-hybridized carbons (Fsp3) is 0.192. The minimum atomic E-state index is -0.675. The van der Waals surface area contributed by atoms with Crippen molar-refractivity contribution in [3.63, 3.8) is 0 Å². The molecule has 0 aromatic heterocycles. The van der Waals surface area contributed by atoms with Gasteiger partial charge in [-0.05, 0) is 43.7 Å². The molecule has 0 unspecified atom stereocenters. The van der Waals surface area contributed by atoms with Crippen molar-refractivity contribution in [1.82, 2.24) is 0 Å². The number of rotatable bonds is 8. The minimum absolute atomic E-state index is 0.104. The second-order valence-corrected chi connectivity index (χ2v) is 7.53. The molecule has 1 N–H and O–H groups in total. The molecule has 3 rings (SSSR count). The van der Waals surface area contributed by atoms with Crippen LogP contribution in [-0.2, 0) is 20.7 Å². The molecule has 0 bridgehead atoms. The molecule has 6 heteroatoms. The number of amides is 2. The maximum atomic E-state index is 12.8. The molecule has 0 saturated heterocycles. The van der Waals surface area contributed by atoms with Crippen LogP contribution in [0.25, 0.3) is 0 Å². The molecule has 0 aliphatic heterocycles. The Hall–Kier alpha value is -3.93. The lowest BCUT2D eigenvalue weighted by Crippen LogP contribution is -2.39. The van der Waals surface area contributed by atoms with Crippen molar-refractivity contribution in [1.29, 1.82) is 0 Å². The molecule has 0 aliphatic rings. The Labute approximate surface area is 187 Å². The van der Waals surface area contributed by atoms with Gasteiger partial charge in [0.15, 0.2) is 6.61 Å². The Morgan fingerprint density at radius 3 is 2.09 bits per heavy atom. The molecule has 6 nitrogen and oxygen atoms in total. The fourth-order valence-corrected chi connectivity index (χ4v) is 3.34. The van der Waals surface area contributed by atoms with Crippen LogP contribution in [0.1, 0.15) is 29.8 Å². The van der Waals surface area contributed by atoms with Gasteiger partial charge in [0.1, 0.15) is 0 Å². The summed E-state index contributed by atoms with van der Waals surface area (Å²) in [6, 6.07) is 25.0. The minimum Gasteiger partial charge on any atom is -0.452 e. The summed E-state index contributed by atoms with van der Waals surface area (Å²) < 4.78 is 5.30. The summed E-state index contributed by atoms with van der Waals surface area (Å²) in [7, 11) is 0. The van der Waals surface area contributed by atoms with Crippen molar-refractivity contribution < 1.29 is 19.1 Å². The van der Waals surface area contributed by atoms with Crippen LogP contribution >= 0.6 is 0 Å². The molecule has 3 aromatic rings. The number of ether oxygens (including phenoxy) is 1. The lowest BCUT2D eigenvalue weighted by Gasteiger charge is -2.26. The topological polar surface area (TPSA) is 75.7 Å². The first-order valence-corrected chi connectivity index (χ1v) is 10.4. The fourth-order valence-electron chi connectivity index (χ4n) is 3.34. The number of esters is 1. The second kappa shape index (κ2) is 10.9. The molecule has 0 radical (unpaired) electrons. The van der Waals surface area contributed by atoms with Gasteiger partial charge in [0, 0.05) is 11.7 Å². The predicted molar refractivity (Wildman–Crippen MR) is 125 cm³/mol. The Morgan fingerprint density at radius 2 is 1.44 bits per heavy atom. The molecule has 0 fully saturated rings. The van der Waals surface area contributed by atoms with E-state index in [1.165, 1.54) is 0 Å². The van der Waals surface area contributed by atoms with Crippen molar-refractivity contribution in [3.05, 3.63) is 96.1 Å². The Bertz CT molecular complexity index is 1070. The summed E-state index contributed by atoms with van der Waals surface area (Å²) in [4.78, 5) is 39.5. The van der Waals surface area contributed by atoms with E-state index in [-0.39, 0.29) is 29.8 Å². The van der Waals surface area contributed by atoms with Gasteiger partial charge in [-0.1, -0.05) is 60.7 Å². The van der Waals surface area contributed by atoms with E-state index in [1.54, 1.807) is 29.2 Å². The summed E-state index contributed by atoms with van der Waals surface area (Å²) in [6.45, 7) is 3.38. The number of anilines is 2. The maximum Gasteiger partial charge on any atom is 0.340 e. The van der Waals surface area contributed by atoms with Gasteiger partial charge in [0.05, 0.1) is 17.7 Å². The first kappa shape index (κ1) is 22.7. The van der Waals surface area contributed by atoms with Crippen LogP contribution in [0.4, 0.5) is 11.4 Å². The molecule has 164 valence electrons. The molecule has 0 atom stereocenters. The molecule has 0 aliphatic carbocycles. The Kier molecular flexibility index (Phi) is 7.75. The zero-order valence-corrected chi connectivity index (χ0v) is 18.2. The second-order valence-electron chi connectivity index (χ2n) is 7.53. The molecule has 0 spiro atoms. The van der Waals surface area contributed by atoms with Crippen molar-refractivity contribution in [2.75, 3.05) is 16.8 Å². The predicted octanol–water partition coefficient (Wildman–Crippen LogP) is 4.47. The quantitative estimate of drug-likeness (QED) is 0.535. The van der Waals surface area contributed by atoms with Gasteiger partial charge in [-0.2, -0.15) is 0 Å². The number of para-hydroxylation sites is 2. The highest BCUT2D eigenvalue weighted by molar-refractivity contribution is 6.03. The number of benzene rings is 3. The summed E-state index contributed by atoms with van der Waals surface area (Å²) in [5.74, 6) is -1.25. The maximum absolute atomic E-state index is 12.8. The lowest BCUT2D eigenvalue weighted by atomic mass is 10.1. The monoisotopic (exact) mass is 430 g/mol. The highest BCUT2D eigenvalue weighted by Crippen LogP contribution is 2.19. The van der Waals surface area contributed by atoms with Crippen molar-refractivity contribution in [2.45, 2.75) is 26.3 Å². The highest BCUT2D eigenvalue weighted by atomic mass is 16.5. The average molecular weight is 431 g/mol. The highest BCUT2D eigenvalue weighted by Gasteiger charge is 2.22. The first-order chi connectivity index (χ1) is 15.5. The van der Waals surface area contributed by atoms with Crippen molar-refractivity contribution in [3.8, 4) is 0 Å². The zero-order valence-electron chi connectivity index (χ0n) is 18.2. The number of nitrogens with one attached hydrogen (secondary N) is 1. The van der Waals surface area contributed by atoms with Crippen LogP contribution in [0.2, 0.25) is 0 Å². The van der Waals surface area contributed by atoms with E-state index in [2.05, 4.69) is 5.32 Å². The molecule has 0 heterocycles. The van der Waals surface area contributed by atoms with Crippen LogP contribution in [0.5, 0.6) is 0 Å². The van der Waals surface area contributed by atoms with Gasteiger partial charge in [-0.25, -0.2) is 4.79 Å². The third-order valence-corrected chi connectivity index (χ3v) is 4.77. The van der Waals surface area contributed by atoms with Gasteiger partial charge >= 0.3 is 5.97 Å². The van der Waals surface area contributed by atoms with Gasteiger partial charge in [0.25, 0.3) is 5.91 Å². The SMILES string of the molecule is CC(C)N(C(=O)COC(=O)c1ccccc1NC(=O)Cc1ccccc1)c1ccccc1. The summed E-state index contributed by atoms with van der Waals surface area (Å²) in [6.07, 6.45) is 0.184. The number of nitrogens with zero attached hydrogens (tertiary/aromatic N) is 1. The average Bonchev–Trinajstić information content (AvgIpc) is 2.79. The molecular weight excluding hydrogens is 404 g/mol. The molecule has 2 amide bonds. The van der Waals surface area contributed by atoms with Crippen LogP contribution in [0.15, 0.2) is 84.9 Å². The van der Waals surface area contributed by atoms with Crippen LogP contribution in [-0.4, -0.2) is 30.4 Å². The smallest absolute Gasteiger partial charge is 0.340 e. The van der Waals surface area contributed by atoms with Gasteiger partial charge in [0.2, 0.25) is 5.91 Å². The van der Waals surface area contributed by atoms with Gasteiger partial charge in [-0.15, -0.1) is 0 Å². The number of hydrogen-bond donors (Lipinski definition) is 1. The molecule has 3 aromatic carbocycles. The lowest BCUT2D eigenvalue weighted by molar-refractivity contribution is -0.122. The molecule has 32 heavy (non-hydrogen) atoms. The van der Waals surface area contributed by atoms with Crippen LogP contribution in [0, 0.1) is 0 Å². The largest absolute Gasteiger partial charge is 0.452 e. The normalized spacial score (nSPS) is 10.5. The molecular formula is C26H26N2O4. The number of carbonyl (C=O) groups excluding carboxylic acids is 3.